The largest absolute Gasteiger partial charge is 0.616 e. The fourth-order valence-corrected chi connectivity index (χ4v) is 5.36. The fourth-order valence-electron chi connectivity index (χ4n) is 3.78. The highest BCUT2D eigenvalue weighted by Gasteiger charge is 2.16. The van der Waals surface area contributed by atoms with E-state index in [9.17, 15) is 18.9 Å². The number of carbonyl (C=O) groups is 2. The van der Waals surface area contributed by atoms with E-state index >= 15 is 0 Å². The van der Waals surface area contributed by atoms with E-state index in [-0.39, 0.29) is 24.9 Å². The van der Waals surface area contributed by atoms with Gasteiger partial charge in [0.05, 0.1) is 37.0 Å². The summed E-state index contributed by atoms with van der Waals surface area (Å²) in [5, 5.41) is 4.95. The Morgan fingerprint density at radius 2 is 1.87 bits per heavy atom. The third-order valence-corrected chi connectivity index (χ3v) is 7.20. The molecule has 4 aromatic rings. The number of nitrogens with zero attached hydrogens (tertiary/aromatic N) is 1. The Morgan fingerprint density at radius 1 is 1.11 bits per heavy atom. The van der Waals surface area contributed by atoms with Gasteiger partial charge >= 0.3 is 5.97 Å². The first kappa shape index (κ1) is 27.5. The van der Waals surface area contributed by atoms with Crippen molar-refractivity contribution in [2.75, 3.05) is 12.9 Å². The van der Waals surface area contributed by atoms with Gasteiger partial charge in [0, 0.05) is 17.7 Å². The molecular formula is C27H27N3O6S2. The van der Waals surface area contributed by atoms with Crippen LogP contribution in [0.1, 0.15) is 50.2 Å². The summed E-state index contributed by atoms with van der Waals surface area (Å²) in [6, 6.07) is 14.4. The summed E-state index contributed by atoms with van der Waals surface area (Å²) in [5.41, 5.74) is 3.39. The Labute approximate surface area is 226 Å². The maximum atomic E-state index is 12.8. The van der Waals surface area contributed by atoms with Crippen LogP contribution in [0.5, 0.6) is 0 Å². The topological polar surface area (TPSA) is 133 Å². The number of hydrogen-bond donors (Lipinski definition) is 2. The number of aromatic nitrogens is 2. The Hall–Kier alpha value is -3.51. The Balaban J connectivity index is 1.36. The normalized spacial score (nSPS) is 11.9. The van der Waals surface area contributed by atoms with Crippen LogP contribution in [-0.2, 0) is 46.2 Å². The zero-order valence-corrected chi connectivity index (χ0v) is 22.6. The summed E-state index contributed by atoms with van der Waals surface area (Å²) in [7, 11) is 0. The molecule has 2 aromatic heterocycles. The maximum absolute atomic E-state index is 12.8. The van der Waals surface area contributed by atoms with Crippen LogP contribution in [0.3, 0.4) is 0 Å². The zero-order chi connectivity index (χ0) is 27.1. The van der Waals surface area contributed by atoms with Crippen molar-refractivity contribution in [2.24, 2.45) is 0 Å². The number of amides is 1. The number of thiophene rings is 1. The van der Waals surface area contributed by atoms with Crippen molar-refractivity contribution in [1.82, 2.24) is 15.3 Å². The first-order chi connectivity index (χ1) is 18.3. The minimum Gasteiger partial charge on any atom is -0.616 e. The third-order valence-electron chi connectivity index (χ3n) is 5.54. The average Bonchev–Trinajstić information content (AvgIpc) is 3.31. The van der Waals surface area contributed by atoms with Crippen LogP contribution in [0.4, 0.5) is 0 Å². The fraction of sp³-hybridized carbons (Fsp3) is 0.259. The van der Waals surface area contributed by atoms with E-state index in [0.29, 0.717) is 40.3 Å². The van der Waals surface area contributed by atoms with Crippen molar-refractivity contribution in [1.29, 1.82) is 0 Å². The summed E-state index contributed by atoms with van der Waals surface area (Å²) in [6.45, 7) is 2.80. The first-order valence-electron chi connectivity index (χ1n) is 11.8. The van der Waals surface area contributed by atoms with E-state index in [1.165, 1.54) is 11.3 Å². The van der Waals surface area contributed by atoms with Gasteiger partial charge < -0.3 is 24.3 Å². The lowest BCUT2D eigenvalue weighted by Crippen LogP contribution is -2.27. The molecule has 0 fully saturated rings. The second-order valence-corrected chi connectivity index (χ2v) is 10.8. The van der Waals surface area contributed by atoms with Gasteiger partial charge in [-0.2, -0.15) is 0 Å². The van der Waals surface area contributed by atoms with Gasteiger partial charge in [-0.3, -0.25) is 9.59 Å². The molecule has 1 atom stereocenters. The van der Waals surface area contributed by atoms with Gasteiger partial charge in [-0.1, -0.05) is 41.5 Å². The van der Waals surface area contributed by atoms with Crippen LogP contribution < -0.4 is 10.9 Å². The summed E-state index contributed by atoms with van der Waals surface area (Å²) in [4.78, 5) is 44.6. The Kier molecular flexibility index (Phi) is 9.29. The molecule has 198 valence electrons. The molecule has 2 heterocycles. The van der Waals surface area contributed by atoms with E-state index in [2.05, 4.69) is 15.3 Å². The first-order valence-corrected chi connectivity index (χ1v) is 14.4. The highest BCUT2D eigenvalue weighted by Crippen LogP contribution is 2.22. The second kappa shape index (κ2) is 12.8. The number of H-pyrrole nitrogens is 1. The molecule has 0 radical (unpaired) electrons. The zero-order valence-electron chi connectivity index (χ0n) is 20.9. The summed E-state index contributed by atoms with van der Waals surface area (Å²) in [5.74, 6) is -0.487. The van der Waals surface area contributed by atoms with E-state index in [1.807, 2.05) is 24.3 Å². The number of rotatable bonds is 11. The molecule has 1 unspecified atom stereocenters. The highest BCUT2D eigenvalue weighted by molar-refractivity contribution is 7.89. The minimum absolute atomic E-state index is 0.0654. The van der Waals surface area contributed by atoms with Gasteiger partial charge in [-0.05, 0) is 41.6 Å². The van der Waals surface area contributed by atoms with Crippen LogP contribution >= 0.6 is 11.3 Å². The monoisotopic (exact) mass is 553 g/mol. The van der Waals surface area contributed by atoms with Gasteiger partial charge in [0.1, 0.15) is 10.6 Å². The van der Waals surface area contributed by atoms with Crippen LogP contribution in [0.25, 0.3) is 10.2 Å². The SMILES string of the molecule is CCOC(=O)c1ccc(COCc2csc3nc(C(=O)NCc4cccc(C[S+](C)[O-])c4)[nH]c(=O)c23)cc1. The third kappa shape index (κ3) is 7.07. The molecule has 0 aliphatic carbocycles. The molecule has 2 N–H and O–H groups in total. The van der Waals surface area contributed by atoms with Crippen molar-refractivity contribution in [3.05, 3.63) is 97.9 Å². The van der Waals surface area contributed by atoms with Crippen LogP contribution in [-0.4, -0.2) is 39.3 Å². The maximum Gasteiger partial charge on any atom is 0.338 e. The number of hydrogen-bond acceptors (Lipinski definition) is 8. The Bertz CT molecular complexity index is 1480. The number of nitrogens with one attached hydrogen (secondary N) is 2. The molecule has 0 bridgehead atoms. The molecule has 1 amide bonds. The van der Waals surface area contributed by atoms with Gasteiger partial charge in [0.15, 0.2) is 0 Å². The number of esters is 1. The molecule has 0 saturated heterocycles. The van der Waals surface area contributed by atoms with Gasteiger partial charge in [-0.15, -0.1) is 11.3 Å². The van der Waals surface area contributed by atoms with Crippen LogP contribution in [0.2, 0.25) is 0 Å². The number of benzene rings is 2. The number of aromatic amines is 1. The van der Waals surface area contributed by atoms with Gasteiger partial charge in [-0.25, -0.2) is 9.78 Å². The number of fused-ring (bicyclic) bond motifs is 1. The highest BCUT2D eigenvalue weighted by atomic mass is 32.2. The minimum atomic E-state index is -0.957. The molecule has 38 heavy (non-hydrogen) atoms. The van der Waals surface area contributed by atoms with E-state index in [4.69, 9.17) is 9.47 Å². The Morgan fingerprint density at radius 3 is 2.61 bits per heavy atom. The van der Waals surface area contributed by atoms with Crippen molar-refractivity contribution < 1.29 is 23.6 Å². The summed E-state index contributed by atoms with van der Waals surface area (Å²) >= 11 is 0.309. The molecule has 0 spiro atoms. The van der Waals surface area contributed by atoms with Crippen LogP contribution in [0, 0.1) is 0 Å². The molecule has 11 heteroatoms. The molecule has 9 nitrogen and oxygen atoms in total. The predicted molar refractivity (Wildman–Crippen MR) is 147 cm³/mol. The molecule has 0 aliphatic heterocycles. The quantitative estimate of drug-likeness (QED) is 0.214. The molecule has 4 rings (SSSR count). The van der Waals surface area contributed by atoms with Gasteiger partial charge in [0.2, 0.25) is 5.82 Å². The van der Waals surface area contributed by atoms with Crippen molar-refractivity contribution >= 4 is 44.6 Å². The van der Waals surface area contributed by atoms with Crippen molar-refractivity contribution in [3.8, 4) is 0 Å². The number of carbonyl (C=O) groups excluding carboxylic acids is 2. The van der Waals surface area contributed by atoms with E-state index < -0.39 is 22.6 Å². The van der Waals surface area contributed by atoms with Crippen molar-refractivity contribution in [3.63, 3.8) is 0 Å². The lowest BCUT2D eigenvalue weighted by molar-refractivity contribution is 0.0526. The molecular weight excluding hydrogens is 526 g/mol. The molecule has 0 saturated carbocycles. The predicted octanol–water partition coefficient (Wildman–Crippen LogP) is 3.69. The van der Waals surface area contributed by atoms with Crippen molar-refractivity contribution in [2.45, 2.75) is 32.4 Å². The standard InChI is InChI=1S/C27H27N3O6S2/c1-3-36-27(33)20-9-7-17(8-10-20)13-35-14-21-15-37-26-22(21)24(31)29-23(30-26)25(32)28-12-18-5-4-6-19(11-18)16-38(2)34/h4-11,15H,3,12-14,16H2,1-2H3,(H,28,32)(H,29,30,31). The van der Waals surface area contributed by atoms with Gasteiger partial charge in [0.25, 0.3) is 11.5 Å². The number of ether oxygens (including phenoxy) is 2. The average molecular weight is 554 g/mol. The lowest BCUT2D eigenvalue weighted by Gasteiger charge is -2.08. The molecule has 0 aliphatic rings. The van der Waals surface area contributed by atoms with Crippen LogP contribution in [0.15, 0.2) is 58.7 Å². The lowest BCUT2D eigenvalue weighted by atomic mass is 10.1. The molecule has 2 aromatic carbocycles. The van der Waals surface area contributed by atoms with E-state index in [0.717, 1.165) is 16.7 Å². The summed E-state index contributed by atoms with van der Waals surface area (Å²) < 4.78 is 22.2. The summed E-state index contributed by atoms with van der Waals surface area (Å²) in [6.07, 6.45) is 1.64. The van der Waals surface area contributed by atoms with E-state index in [1.54, 1.807) is 42.8 Å². The smallest absolute Gasteiger partial charge is 0.338 e. The second-order valence-electron chi connectivity index (χ2n) is 8.49.